The second-order valence-electron chi connectivity index (χ2n) is 23.1. The summed E-state index contributed by atoms with van der Waals surface area (Å²) in [6.07, 6.45) is 5.58. The van der Waals surface area contributed by atoms with Crippen LogP contribution in [0.1, 0.15) is 124 Å². The van der Waals surface area contributed by atoms with Crippen molar-refractivity contribution in [2.45, 2.75) is 161 Å². The van der Waals surface area contributed by atoms with Crippen molar-refractivity contribution in [3.8, 4) is 0 Å². The molecule has 5 N–H and O–H groups in total. The van der Waals surface area contributed by atoms with Gasteiger partial charge in [0.2, 0.25) is 23.6 Å². The van der Waals surface area contributed by atoms with E-state index < -0.39 is 65.3 Å². The lowest BCUT2D eigenvalue weighted by atomic mass is 9.72. The molecule has 2 unspecified atom stereocenters. The zero-order valence-corrected chi connectivity index (χ0v) is 44.1. The molecule has 2 aromatic rings. The topological polar surface area (TPSA) is 208 Å². The molecule has 1 aliphatic carbocycles. The lowest BCUT2D eigenvalue weighted by Crippen LogP contribution is -2.65. The number of piperidine rings is 1. The Kier molecular flexibility index (Phi) is 19.0. The Morgan fingerprint density at radius 1 is 0.611 bits per heavy atom. The van der Waals surface area contributed by atoms with Crippen molar-refractivity contribution in [2.24, 2.45) is 23.2 Å². The number of rotatable bonds is 19. The fraction of sp³-hybridized carbons (Fsp3) is 0.655. The molecule has 72 heavy (non-hydrogen) atoms. The number of hydrogen-bond donors (Lipinski definition) is 5. The SMILES string of the molecule is CC(C)C[C@@H](NC(=O)[C@@H](Cc1ccccc1)NC(=O)[C@@H](Cc1ccccc1)NC(=O)OC(C)(C)C)C(=O)N[C@H](CCCCNC(=O)OC(C)(C)C)C(=O)N1CCC2(CC1)CN(C(=O)N1CC3CCCC3C1)C2. The number of urea groups is 1. The Bertz CT molecular complexity index is 2150. The van der Waals surface area contributed by atoms with E-state index >= 15 is 0 Å². The molecule has 17 heteroatoms. The van der Waals surface area contributed by atoms with Crippen LogP contribution in [0.25, 0.3) is 0 Å². The third-order valence-corrected chi connectivity index (χ3v) is 14.2. The molecular formula is C55H82N8O9. The second kappa shape index (κ2) is 24.7. The number of carbonyl (C=O) groups is 7. The molecule has 2 aromatic carbocycles. The molecule has 1 saturated carbocycles. The van der Waals surface area contributed by atoms with Gasteiger partial charge >= 0.3 is 18.2 Å². The van der Waals surface area contributed by atoms with Crippen LogP contribution in [0.2, 0.25) is 0 Å². The summed E-state index contributed by atoms with van der Waals surface area (Å²) in [6.45, 7) is 18.8. The highest BCUT2D eigenvalue weighted by atomic mass is 16.6. The normalized spacial score (nSPS) is 20.0. The maximum absolute atomic E-state index is 14.5. The van der Waals surface area contributed by atoms with Gasteiger partial charge < -0.3 is 50.8 Å². The van der Waals surface area contributed by atoms with Crippen molar-refractivity contribution in [3.05, 3.63) is 71.8 Å². The molecule has 0 aromatic heterocycles. The smallest absolute Gasteiger partial charge is 0.408 e. The summed E-state index contributed by atoms with van der Waals surface area (Å²) in [5.41, 5.74) is 0.0107. The summed E-state index contributed by atoms with van der Waals surface area (Å²) in [6, 6.07) is 14.2. The van der Waals surface area contributed by atoms with E-state index in [4.69, 9.17) is 9.47 Å². The molecule has 6 rings (SSSR count). The van der Waals surface area contributed by atoms with Gasteiger partial charge in [0.05, 0.1) is 0 Å². The number of ether oxygens (including phenoxy) is 2. The predicted octanol–water partition coefficient (Wildman–Crippen LogP) is 6.34. The maximum atomic E-state index is 14.5. The van der Waals surface area contributed by atoms with E-state index in [1.165, 1.54) is 19.3 Å². The van der Waals surface area contributed by atoms with Crippen molar-refractivity contribution in [1.29, 1.82) is 0 Å². The zero-order chi connectivity index (χ0) is 52.2. The van der Waals surface area contributed by atoms with Gasteiger partial charge in [0.15, 0.2) is 0 Å². The fourth-order valence-electron chi connectivity index (χ4n) is 10.6. The number of carbonyl (C=O) groups excluding carboxylic acids is 7. The van der Waals surface area contributed by atoms with Gasteiger partial charge in [-0.2, -0.15) is 0 Å². The van der Waals surface area contributed by atoms with Crippen LogP contribution >= 0.6 is 0 Å². The van der Waals surface area contributed by atoms with Crippen LogP contribution < -0.4 is 26.6 Å². The lowest BCUT2D eigenvalue weighted by Gasteiger charge is -2.54. The summed E-state index contributed by atoms with van der Waals surface area (Å²) < 4.78 is 10.9. The molecule has 4 aliphatic rings. The second-order valence-corrected chi connectivity index (χ2v) is 23.1. The lowest BCUT2D eigenvalue weighted by molar-refractivity contribution is -0.141. The zero-order valence-electron chi connectivity index (χ0n) is 44.1. The highest BCUT2D eigenvalue weighted by Crippen LogP contribution is 2.43. The average Bonchev–Trinajstić information content (AvgIpc) is 3.92. The number of alkyl carbamates (subject to hydrolysis) is 2. The van der Waals surface area contributed by atoms with Gasteiger partial charge in [-0.1, -0.05) is 80.9 Å². The Labute approximate surface area is 427 Å². The summed E-state index contributed by atoms with van der Waals surface area (Å²) >= 11 is 0. The van der Waals surface area contributed by atoms with Gasteiger partial charge in [-0.25, -0.2) is 14.4 Å². The van der Waals surface area contributed by atoms with Gasteiger partial charge in [0, 0.05) is 64.1 Å². The van der Waals surface area contributed by atoms with Crippen LogP contribution in [0, 0.1) is 23.2 Å². The third kappa shape index (κ3) is 16.6. The first-order chi connectivity index (χ1) is 34.0. The fourth-order valence-corrected chi connectivity index (χ4v) is 10.6. The molecule has 4 fully saturated rings. The highest BCUT2D eigenvalue weighted by molar-refractivity contribution is 5.95. The van der Waals surface area contributed by atoms with Crippen LogP contribution in [-0.4, -0.2) is 138 Å². The largest absolute Gasteiger partial charge is 0.444 e. The summed E-state index contributed by atoms with van der Waals surface area (Å²) in [5.74, 6) is -0.768. The number of unbranched alkanes of at least 4 members (excludes halogenated alkanes) is 1. The highest BCUT2D eigenvalue weighted by Gasteiger charge is 2.50. The van der Waals surface area contributed by atoms with E-state index in [1.54, 1.807) is 46.4 Å². The van der Waals surface area contributed by atoms with Crippen LogP contribution in [0.15, 0.2) is 60.7 Å². The van der Waals surface area contributed by atoms with Gasteiger partial charge in [0.1, 0.15) is 35.4 Å². The molecule has 1 spiro atoms. The van der Waals surface area contributed by atoms with Gasteiger partial charge in [-0.15, -0.1) is 0 Å². The molecule has 8 amide bonds. The van der Waals surface area contributed by atoms with E-state index in [0.717, 1.165) is 37.1 Å². The van der Waals surface area contributed by atoms with Crippen molar-refractivity contribution in [3.63, 3.8) is 0 Å². The van der Waals surface area contributed by atoms with E-state index in [9.17, 15) is 33.6 Å². The average molecular weight is 999 g/mol. The monoisotopic (exact) mass is 999 g/mol. The minimum absolute atomic E-state index is 0.0418. The number of nitrogens with zero attached hydrogens (tertiary/aromatic N) is 3. The molecule has 396 valence electrons. The number of nitrogens with one attached hydrogen (secondary N) is 5. The van der Waals surface area contributed by atoms with Crippen LogP contribution in [0.5, 0.6) is 0 Å². The van der Waals surface area contributed by atoms with E-state index in [0.29, 0.717) is 57.4 Å². The van der Waals surface area contributed by atoms with Gasteiger partial charge in [0.25, 0.3) is 0 Å². The van der Waals surface area contributed by atoms with Crippen molar-refractivity contribution >= 4 is 41.8 Å². The minimum Gasteiger partial charge on any atom is -0.444 e. The standard InChI is InChI=1S/C55H82N8O9/c1-37(2)30-43(58-47(65)44(31-38-18-11-9-12-19-38)59-48(66)45(32-39-20-13-10-14-21-39)60-51(69)72-54(6,7)8)46(64)57-42(24-15-16-27-56-50(68)71-53(3,4)5)49(67)61-28-25-55(26-29-61)35-63(36-55)52(70)62-33-40-22-17-23-41(40)34-62/h9-14,18-21,37,40-45H,15-17,22-36H2,1-8H3,(H,56,68)(H,57,64)(H,58,65)(H,59,66)(H,60,69)/t40?,41?,42-,43-,44-,45-/m1/s1. The van der Waals surface area contributed by atoms with E-state index in [1.807, 2.05) is 84.3 Å². The number of amides is 8. The van der Waals surface area contributed by atoms with E-state index in [-0.39, 0.29) is 49.0 Å². The first-order valence-corrected chi connectivity index (χ1v) is 26.3. The maximum Gasteiger partial charge on any atom is 0.408 e. The molecule has 0 bridgehead atoms. The molecule has 0 radical (unpaired) electrons. The molecule has 3 aliphatic heterocycles. The van der Waals surface area contributed by atoms with Gasteiger partial charge in [-0.05, 0) is 122 Å². The summed E-state index contributed by atoms with van der Waals surface area (Å²) in [7, 11) is 0. The first-order valence-electron chi connectivity index (χ1n) is 26.3. The number of hydrogen-bond acceptors (Lipinski definition) is 9. The molecule has 6 atom stereocenters. The predicted molar refractivity (Wildman–Crippen MR) is 274 cm³/mol. The minimum atomic E-state index is -1.16. The molecule has 3 heterocycles. The van der Waals surface area contributed by atoms with Crippen LogP contribution in [0.4, 0.5) is 14.4 Å². The van der Waals surface area contributed by atoms with Crippen molar-refractivity contribution in [1.82, 2.24) is 41.3 Å². The quantitative estimate of drug-likeness (QED) is 0.0995. The molecule has 3 saturated heterocycles. The van der Waals surface area contributed by atoms with Crippen LogP contribution in [-0.2, 0) is 41.5 Å². The van der Waals surface area contributed by atoms with Crippen molar-refractivity contribution < 1.29 is 43.0 Å². The Morgan fingerprint density at radius 3 is 1.62 bits per heavy atom. The Morgan fingerprint density at radius 2 is 1.10 bits per heavy atom. The van der Waals surface area contributed by atoms with Crippen LogP contribution in [0.3, 0.4) is 0 Å². The molecular weight excluding hydrogens is 917 g/mol. The first kappa shape index (κ1) is 55.4. The van der Waals surface area contributed by atoms with Crippen molar-refractivity contribution in [2.75, 3.05) is 45.8 Å². The number of benzene rings is 2. The third-order valence-electron chi connectivity index (χ3n) is 14.2. The summed E-state index contributed by atoms with van der Waals surface area (Å²) in [5, 5.41) is 14.3. The van der Waals surface area contributed by atoms with E-state index in [2.05, 4.69) is 26.6 Å². The molecule has 17 nitrogen and oxygen atoms in total. The number of likely N-dealkylation sites (tertiary alicyclic amines) is 3. The summed E-state index contributed by atoms with van der Waals surface area (Å²) in [4.78, 5) is 103. The van der Waals surface area contributed by atoms with Gasteiger partial charge in [-0.3, -0.25) is 19.2 Å². The number of fused-ring (bicyclic) bond motifs is 1. The Hall–Kier alpha value is -5.87. The Balaban J connectivity index is 1.14.